The highest BCUT2D eigenvalue weighted by molar-refractivity contribution is 5.80. The molecule has 1 aliphatic rings. The molecule has 1 heterocycles. The van der Waals surface area contributed by atoms with Crippen LogP contribution in [0.3, 0.4) is 0 Å². The molecule has 2 unspecified atom stereocenters. The van der Waals surface area contributed by atoms with E-state index in [9.17, 15) is 4.79 Å². The Labute approximate surface area is 79.0 Å². The van der Waals surface area contributed by atoms with E-state index in [0.29, 0.717) is 5.92 Å². The van der Waals surface area contributed by atoms with Gasteiger partial charge in [0.25, 0.3) is 0 Å². The monoisotopic (exact) mass is 186 g/mol. The maximum absolute atomic E-state index is 11.1. The molecule has 4 heteroatoms. The molecule has 1 saturated heterocycles. The van der Waals surface area contributed by atoms with Gasteiger partial charge in [-0.15, -0.1) is 0 Å². The molecule has 1 amide bonds. The van der Waals surface area contributed by atoms with Gasteiger partial charge in [0.2, 0.25) is 5.91 Å². The number of carbonyl (C=O) groups excluding carboxylic acids is 1. The summed E-state index contributed by atoms with van der Waals surface area (Å²) in [6, 6.07) is -0.106. The van der Waals surface area contributed by atoms with Gasteiger partial charge >= 0.3 is 0 Å². The topological polar surface area (TPSA) is 50.4 Å². The lowest BCUT2D eigenvalue weighted by atomic mass is 10.1. The maximum Gasteiger partial charge on any atom is 0.236 e. The Morgan fingerprint density at radius 2 is 2.46 bits per heavy atom. The van der Waals surface area contributed by atoms with E-state index < -0.39 is 0 Å². The zero-order valence-corrected chi connectivity index (χ0v) is 8.30. The Kier molecular flexibility index (Phi) is 4.18. The summed E-state index contributed by atoms with van der Waals surface area (Å²) < 4.78 is 5.24. The Morgan fingerprint density at radius 1 is 1.69 bits per heavy atom. The van der Waals surface area contributed by atoms with Gasteiger partial charge in [0.05, 0.1) is 12.6 Å². The van der Waals surface area contributed by atoms with Crippen LogP contribution in [0.15, 0.2) is 0 Å². The zero-order valence-electron chi connectivity index (χ0n) is 8.30. The molecular formula is C9H18N2O2. The van der Waals surface area contributed by atoms with Crippen LogP contribution < -0.4 is 10.6 Å². The number of carbonyl (C=O) groups is 1. The first-order chi connectivity index (χ1) is 6.24. The van der Waals surface area contributed by atoms with E-state index in [1.165, 1.54) is 0 Å². The second-order valence-corrected chi connectivity index (χ2v) is 3.47. The van der Waals surface area contributed by atoms with E-state index >= 15 is 0 Å². The van der Waals surface area contributed by atoms with E-state index in [1.54, 1.807) is 7.05 Å². The smallest absolute Gasteiger partial charge is 0.236 e. The number of hydrogen-bond acceptors (Lipinski definition) is 3. The van der Waals surface area contributed by atoms with Gasteiger partial charge in [0.15, 0.2) is 0 Å². The van der Waals surface area contributed by atoms with Crippen molar-refractivity contribution < 1.29 is 9.53 Å². The summed E-state index contributed by atoms with van der Waals surface area (Å²) in [5.41, 5.74) is 0. The van der Waals surface area contributed by atoms with Crippen molar-refractivity contribution in [1.29, 1.82) is 0 Å². The molecule has 0 aliphatic carbocycles. The van der Waals surface area contributed by atoms with E-state index in [0.717, 1.165) is 26.2 Å². The summed E-state index contributed by atoms with van der Waals surface area (Å²) in [5, 5.41) is 5.79. The third kappa shape index (κ3) is 3.32. The lowest BCUT2D eigenvalue weighted by Gasteiger charge is -2.14. The predicted octanol–water partition coefficient (Wildman–Crippen LogP) is -0.253. The number of nitrogens with one attached hydrogen (secondary N) is 2. The number of hydrogen-bond donors (Lipinski definition) is 2. The minimum atomic E-state index is -0.106. The summed E-state index contributed by atoms with van der Waals surface area (Å²) in [4.78, 5) is 11.1. The van der Waals surface area contributed by atoms with Crippen LogP contribution in [0, 0.1) is 5.92 Å². The van der Waals surface area contributed by atoms with Gasteiger partial charge < -0.3 is 15.4 Å². The van der Waals surface area contributed by atoms with Crippen LogP contribution in [-0.2, 0) is 9.53 Å². The van der Waals surface area contributed by atoms with Crippen LogP contribution >= 0.6 is 0 Å². The van der Waals surface area contributed by atoms with Crippen molar-refractivity contribution in [3.05, 3.63) is 0 Å². The Bertz CT molecular complexity index is 167. The molecule has 0 bridgehead atoms. The number of rotatable bonds is 4. The Balaban J connectivity index is 2.13. The largest absolute Gasteiger partial charge is 0.381 e. The fraction of sp³-hybridized carbons (Fsp3) is 0.889. The van der Waals surface area contributed by atoms with Crippen LogP contribution in [0.25, 0.3) is 0 Å². The van der Waals surface area contributed by atoms with Crippen molar-refractivity contribution in [3.63, 3.8) is 0 Å². The molecule has 0 radical (unpaired) electrons. The highest BCUT2D eigenvalue weighted by Crippen LogP contribution is 2.10. The summed E-state index contributed by atoms with van der Waals surface area (Å²) in [6.45, 7) is 4.43. The molecule has 1 aliphatic heterocycles. The van der Waals surface area contributed by atoms with E-state index in [1.807, 2.05) is 6.92 Å². The lowest BCUT2D eigenvalue weighted by Crippen LogP contribution is -2.42. The van der Waals surface area contributed by atoms with Crippen molar-refractivity contribution >= 4 is 5.91 Å². The fourth-order valence-corrected chi connectivity index (χ4v) is 1.40. The standard InChI is InChI=1S/C9H18N2O2/c1-7(9(12)10-2)11-5-8-3-4-13-6-8/h7-8,11H,3-6H2,1-2H3,(H,10,12). The van der Waals surface area contributed by atoms with Crippen LogP contribution in [0.2, 0.25) is 0 Å². The maximum atomic E-state index is 11.1. The first kappa shape index (κ1) is 10.5. The second kappa shape index (κ2) is 5.19. The number of amides is 1. The summed E-state index contributed by atoms with van der Waals surface area (Å²) in [6.07, 6.45) is 1.10. The van der Waals surface area contributed by atoms with Crippen LogP contribution in [0.1, 0.15) is 13.3 Å². The minimum Gasteiger partial charge on any atom is -0.381 e. The second-order valence-electron chi connectivity index (χ2n) is 3.47. The molecule has 0 aromatic heterocycles. The predicted molar refractivity (Wildman–Crippen MR) is 50.5 cm³/mol. The SMILES string of the molecule is CNC(=O)C(C)NCC1CCOC1. The Morgan fingerprint density at radius 3 is 3.00 bits per heavy atom. The minimum absolute atomic E-state index is 0.0407. The van der Waals surface area contributed by atoms with Gasteiger partial charge in [-0.1, -0.05) is 0 Å². The van der Waals surface area contributed by atoms with E-state index in [4.69, 9.17) is 4.74 Å². The van der Waals surface area contributed by atoms with Gasteiger partial charge in [0, 0.05) is 20.2 Å². The number of ether oxygens (including phenoxy) is 1. The lowest BCUT2D eigenvalue weighted by molar-refractivity contribution is -0.122. The van der Waals surface area contributed by atoms with Crippen molar-refractivity contribution in [3.8, 4) is 0 Å². The molecule has 0 aromatic rings. The van der Waals surface area contributed by atoms with Crippen LogP contribution in [-0.4, -0.2) is 38.8 Å². The summed E-state index contributed by atoms with van der Waals surface area (Å²) in [7, 11) is 1.65. The highest BCUT2D eigenvalue weighted by Gasteiger charge is 2.17. The third-order valence-electron chi connectivity index (χ3n) is 2.38. The average Bonchev–Trinajstić information content (AvgIpc) is 2.65. The molecule has 2 N–H and O–H groups in total. The van der Waals surface area contributed by atoms with Crippen molar-refractivity contribution in [1.82, 2.24) is 10.6 Å². The zero-order chi connectivity index (χ0) is 9.68. The first-order valence-electron chi connectivity index (χ1n) is 4.76. The molecule has 0 saturated carbocycles. The van der Waals surface area contributed by atoms with Gasteiger partial charge in [-0.3, -0.25) is 4.79 Å². The summed E-state index contributed by atoms with van der Waals surface area (Å²) in [5.74, 6) is 0.617. The third-order valence-corrected chi connectivity index (χ3v) is 2.38. The molecule has 1 rings (SSSR count). The van der Waals surface area contributed by atoms with Crippen molar-refractivity contribution in [2.45, 2.75) is 19.4 Å². The van der Waals surface area contributed by atoms with Gasteiger partial charge in [-0.2, -0.15) is 0 Å². The van der Waals surface area contributed by atoms with Gasteiger partial charge in [-0.25, -0.2) is 0 Å². The number of likely N-dealkylation sites (N-methyl/N-ethyl adjacent to an activating group) is 1. The average molecular weight is 186 g/mol. The molecule has 13 heavy (non-hydrogen) atoms. The van der Waals surface area contributed by atoms with Crippen molar-refractivity contribution in [2.24, 2.45) is 5.92 Å². The molecule has 4 nitrogen and oxygen atoms in total. The quantitative estimate of drug-likeness (QED) is 0.636. The van der Waals surface area contributed by atoms with Gasteiger partial charge in [-0.05, 0) is 19.3 Å². The molecule has 0 spiro atoms. The van der Waals surface area contributed by atoms with Gasteiger partial charge in [0.1, 0.15) is 0 Å². The highest BCUT2D eigenvalue weighted by atomic mass is 16.5. The summed E-state index contributed by atoms with van der Waals surface area (Å²) >= 11 is 0. The van der Waals surface area contributed by atoms with Crippen LogP contribution in [0.4, 0.5) is 0 Å². The molecular weight excluding hydrogens is 168 g/mol. The molecule has 0 aromatic carbocycles. The van der Waals surface area contributed by atoms with E-state index in [2.05, 4.69) is 10.6 Å². The first-order valence-corrected chi connectivity index (χ1v) is 4.76. The van der Waals surface area contributed by atoms with Crippen LogP contribution in [0.5, 0.6) is 0 Å². The molecule has 76 valence electrons. The fourth-order valence-electron chi connectivity index (χ4n) is 1.40. The molecule has 2 atom stereocenters. The Hall–Kier alpha value is -0.610. The van der Waals surface area contributed by atoms with E-state index in [-0.39, 0.29) is 11.9 Å². The normalized spacial score (nSPS) is 24.3. The molecule has 1 fully saturated rings. The van der Waals surface area contributed by atoms with Crippen molar-refractivity contribution in [2.75, 3.05) is 26.8 Å².